The summed E-state index contributed by atoms with van der Waals surface area (Å²) in [5.74, 6) is 1.32. The molecule has 6 nitrogen and oxygen atoms in total. The number of sulfonamides is 1. The van der Waals surface area contributed by atoms with Crippen molar-refractivity contribution < 1.29 is 12.9 Å². The van der Waals surface area contributed by atoms with Crippen LogP contribution in [0.4, 0.5) is 0 Å². The topological polar surface area (TPSA) is 76.3 Å². The molecule has 1 aromatic carbocycles. The Morgan fingerprint density at radius 1 is 1.26 bits per heavy atom. The van der Waals surface area contributed by atoms with Crippen molar-refractivity contribution in [3.8, 4) is 11.4 Å². The third-order valence-corrected chi connectivity index (χ3v) is 6.16. The summed E-state index contributed by atoms with van der Waals surface area (Å²) in [6.45, 7) is 1.01. The third kappa shape index (κ3) is 3.59. The Morgan fingerprint density at radius 2 is 1.96 bits per heavy atom. The van der Waals surface area contributed by atoms with Crippen LogP contribution in [0.3, 0.4) is 0 Å². The lowest BCUT2D eigenvalue weighted by Crippen LogP contribution is -2.37. The summed E-state index contributed by atoms with van der Waals surface area (Å²) in [6.07, 6.45) is 4.68. The number of nitrogens with zero attached hydrogens (tertiary/aromatic N) is 3. The number of benzene rings is 1. The molecule has 0 radical (unpaired) electrons. The molecule has 0 aliphatic carbocycles. The molecule has 23 heavy (non-hydrogen) atoms. The number of rotatable bonds is 4. The van der Waals surface area contributed by atoms with Crippen molar-refractivity contribution in [3.05, 3.63) is 30.2 Å². The van der Waals surface area contributed by atoms with Crippen molar-refractivity contribution in [1.29, 1.82) is 0 Å². The Labute approximate surface area is 140 Å². The van der Waals surface area contributed by atoms with Gasteiger partial charge in [0.15, 0.2) is 0 Å². The zero-order chi connectivity index (χ0) is 16.4. The molecule has 2 aromatic rings. The Bertz CT molecular complexity index is 781. The van der Waals surface area contributed by atoms with Crippen molar-refractivity contribution in [2.24, 2.45) is 0 Å². The van der Waals surface area contributed by atoms with Crippen LogP contribution >= 0.6 is 11.8 Å². The van der Waals surface area contributed by atoms with E-state index in [2.05, 4.69) is 10.1 Å². The third-order valence-electron chi connectivity index (χ3n) is 4.06. The van der Waals surface area contributed by atoms with Crippen LogP contribution in [-0.2, 0) is 10.0 Å². The number of hydrogen-bond acceptors (Lipinski definition) is 6. The summed E-state index contributed by atoms with van der Waals surface area (Å²) < 4.78 is 30.1. The van der Waals surface area contributed by atoms with Gasteiger partial charge < -0.3 is 4.52 Å². The molecular formula is C15H19N3O3S2. The van der Waals surface area contributed by atoms with E-state index in [-0.39, 0.29) is 5.92 Å². The Hall–Kier alpha value is -1.38. The quantitative estimate of drug-likeness (QED) is 0.787. The zero-order valence-corrected chi connectivity index (χ0v) is 14.7. The molecule has 1 aliphatic rings. The van der Waals surface area contributed by atoms with Crippen molar-refractivity contribution in [3.63, 3.8) is 0 Å². The molecule has 0 unspecified atom stereocenters. The highest BCUT2D eigenvalue weighted by atomic mass is 32.2. The average Bonchev–Trinajstić information content (AvgIpc) is 3.04. The average molecular weight is 353 g/mol. The predicted octanol–water partition coefficient (Wildman–Crippen LogP) is 2.60. The second kappa shape index (κ2) is 6.62. The molecule has 0 N–H and O–H groups in total. The van der Waals surface area contributed by atoms with E-state index in [1.165, 1.54) is 10.6 Å². The Morgan fingerprint density at radius 3 is 2.61 bits per heavy atom. The number of thioether (sulfide) groups is 1. The van der Waals surface area contributed by atoms with Gasteiger partial charge in [-0.2, -0.15) is 4.98 Å². The molecule has 3 rings (SSSR count). The lowest BCUT2D eigenvalue weighted by Gasteiger charge is -2.28. The fourth-order valence-electron chi connectivity index (χ4n) is 2.77. The zero-order valence-electron chi connectivity index (χ0n) is 13.1. The summed E-state index contributed by atoms with van der Waals surface area (Å²) >= 11 is 1.64. The van der Waals surface area contributed by atoms with Gasteiger partial charge in [0.05, 0.1) is 6.26 Å². The molecule has 0 spiro atoms. The molecular weight excluding hydrogens is 334 g/mol. The van der Waals surface area contributed by atoms with Crippen molar-refractivity contribution in [1.82, 2.24) is 14.4 Å². The molecule has 0 bridgehead atoms. The van der Waals surface area contributed by atoms with E-state index >= 15 is 0 Å². The van der Waals surface area contributed by atoms with Crippen LogP contribution in [0, 0.1) is 0 Å². The number of hydrogen-bond donors (Lipinski definition) is 0. The van der Waals surface area contributed by atoms with E-state index < -0.39 is 10.0 Å². The van der Waals surface area contributed by atoms with Gasteiger partial charge in [-0.1, -0.05) is 17.3 Å². The number of piperidine rings is 1. The first-order chi connectivity index (χ1) is 11.0. The van der Waals surface area contributed by atoms with E-state index in [0.29, 0.717) is 37.6 Å². The Balaban J connectivity index is 1.76. The Kier molecular flexibility index (Phi) is 4.74. The molecule has 0 saturated carbocycles. The van der Waals surface area contributed by atoms with Crippen LogP contribution in [0.1, 0.15) is 24.7 Å². The first-order valence-corrected chi connectivity index (χ1v) is 10.5. The van der Waals surface area contributed by atoms with Crippen molar-refractivity contribution >= 4 is 21.8 Å². The lowest BCUT2D eigenvalue weighted by atomic mass is 9.98. The van der Waals surface area contributed by atoms with Gasteiger partial charge in [0.25, 0.3) is 0 Å². The van der Waals surface area contributed by atoms with Gasteiger partial charge >= 0.3 is 0 Å². The maximum Gasteiger partial charge on any atom is 0.230 e. The summed E-state index contributed by atoms with van der Waals surface area (Å²) in [5.41, 5.74) is 0.962. The largest absolute Gasteiger partial charge is 0.339 e. The highest BCUT2D eigenvalue weighted by molar-refractivity contribution is 7.98. The first-order valence-electron chi connectivity index (χ1n) is 7.41. The van der Waals surface area contributed by atoms with Crippen LogP contribution in [0.5, 0.6) is 0 Å². The van der Waals surface area contributed by atoms with Gasteiger partial charge in [-0.3, -0.25) is 0 Å². The van der Waals surface area contributed by atoms with Crippen LogP contribution in [0.15, 0.2) is 33.7 Å². The first kappa shape index (κ1) is 16.5. The van der Waals surface area contributed by atoms with Gasteiger partial charge in [0, 0.05) is 29.5 Å². The van der Waals surface area contributed by atoms with Gasteiger partial charge in [-0.15, -0.1) is 11.8 Å². The van der Waals surface area contributed by atoms with Gasteiger partial charge in [0.2, 0.25) is 21.7 Å². The van der Waals surface area contributed by atoms with E-state index in [9.17, 15) is 8.42 Å². The summed E-state index contributed by atoms with van der Waals surface area (Å²) in [7, 11) is -3.11. The second-order valence-corrected chi connectivity index (χ2v) is 8.42. The summed E-state index contributed by atoms with van der Waals surface area (Å²) in [6, 6.07) is 7.94. The second-order valence-electron chi connectivity index (χ2n) is 5.59. The number of aromatic nitrogens is 2. The fourth-order valence-corrected chi connectivity index (χ4v) is 4.24. The van der Waals surface area contributed by atoms with E-state index in [1.807, 2.05) is 30.5 Å². The molecule has 8 heteroatoms. The van der Waals surface area contributed by atoms with Crippen LogP contribution in [-0.4, -0.2) is 48.5 Å². The molecule has 1 saturated heterocycles. The molecule has 1 aromatic heterocycles. The van der Waals surface area contributed by atoms with Crippen molar-refractivity contribution in [2.45, 2.75) is 23.7 Å². The predicted molar refractivity (Wildman–Crippen MR) is 89.9 cm³/mol. The van der Waals surface area contributed by atoms with Gasteiger partial charge in [0.1, 0.15) is 0 Å². The standard InChI is InChI=1S/C15H19N3O3S2/c1-22-13-6-4-3-5-12(13)14-16-15(21-17-14)11-7-9-18(10-8-11)23(2,19)20/h3-6,11H,7-10H2,1-2H3. The monoisotopic (exact) mass is 353 g/mol. The molecule has 1 fully saturated rings. The van der Waals surface area contributed by atoms with Crippen LogP contribution in [0.2, 0.25) is 0 Å². The highest BCUT2D eigenvalue weighted by Gasteiger charge is 2.29. The summed E-state index contributed by atoms with van der Waals surface area (Å²) in [4.78, 5) is 5.64. The van der Waals surface area contributed by atoms with Crippen LogP contribution in [0.25, 0.3) is 11.4 Å². The SMILES string of the molecule is CSc1ccccc1-c1noc(C2CCN(S(C)(=O)=O)CC2)n1. The molecule has 0 atom stereocenters. The molecule has 1 aliphatic heterocycles. The van der Waals surface area contributed by atoms with E-state index in [1.54, 1.807) is 11.8 Å². The minimum absolute atomic E-state index is 0.121. The highest BCUT2D eigenvalue weighted by Crippen LogP contribution is 2.32. The molecule has 0 amide bonds. The van der Waals surface area contributed by atoms with Crippen molar-refractivity contribution in [2.75, 3.05) is 25.6 Å². The minimum Gasteiger partial charge on any atom is -0.339 e. The molecule has 2 heterocycles. The normalized spacial score (nSPS) is 17.5. The van der Waals surface area contributed by atoms with Gasteiger partial charge in [-0.05, 0) is 31.2 Å². The fraction of sp³-hybridized carbons (Fsp3) is 0.467. The lowest BCUT2D eigenvalue weighted by molar-refractivity contribution is 0.271. The maximum atomic E-state index is 11.6. The minimum atomic E-state index is -3.11. The molecule has 124 valence electrons. The van der Waals surface area contributed by atoms with Crippen LogP contribution < -0.4 is 0 Å². The maximum absolute atomic E-state index is 11.6. The van der Waals surface area contributed by atoms with E-state index in [4.69, 9.17) is 4.52 Å². The van der Waals surface area contributed by atoms with Gasteiger partial charge in [-0.25, -0.2) is 12.7 Å². The van der Waals surface area contributed by atoms with E-state index in [0.717, 1.165) is 10.5 Å². The smallest absolute Gasteiger partial charge is 0.230 e. The summed E-state index contributed by atoms with van der Waals surface area (Å²) in [5, 5.41) is 4.11.